The zero-order valence-corrected chi connectivity index (χ0v) is 15.4. The van der Waals surface area contributed by atoms with Crippen molar-refractivity contribution in [3.05, 3.63) is 29.5 Å². The van der Waals surface area contributed by atoms with E-state index in [0.717, 1.165) is 48.9 Å². The zero-order chi connectivity index (χ0) is 18.4. The topological polar surface area (TPSA) is 90.5 Å². The van der Waals surface area contributed by atoms with Crippen LogP contribution < -0.4 is 5.32 Å². The summed E-state index contributed by atoms with van der Waals surface area (Å²) >= 11 is 0. The summed E-state index contributed by atoms with van der Waals surface area (Å²) in [7, 11) is 0. The van der Waals surface area contributed by atoms with Crippen LogP contribution in [-0.2, 0) is 10.3 Å². The molecule has 4 aliphatic rings. The van der Waals surface area contributed by atoms with E-state index in [1.165, 1.54) is 0 Å². The molecular weight excluding hydrogens is 344 g/mol. The van der Waals surface area contributed by atoms with Crippen LogP contribution in [-0.4, -0.2) is 65.0 Å². The van der Waals surface area contributed by atoms with E-state index in [9.17, 15) is 9.90 Å². The van der Waals surface area contributed by atoms with Crippen molar-refractivity contribution in [2.75, 3.05) is 32.8 Å². The number of carbonyl (C=O) groups is 1. The normalized spacial score (nSPS) is 29.7. The number of ether oxygens (including phenoxy) is 1. The Kier molecular flexibility index (Phi) is 4.18. The molecule has 0 radical (unpaired) electrons. The molecule has 0 aliphatic carbocycles. The Morgan fingerprint density at radius 3 is 2.78 bits per heavy atom. The molecule has 1 amide bonds. The van der Waals surface area contributed by atoms with Crippen LogP contribution >= 0.6 is 0 Å². The van der Waals surface area contributed by atoms with E-state index in [0.29, 0.717) is 37.7 Å². The van der Waals surface area contributed by atoms with Crippen LogP contribution in [0.2, 0.25) is 0 Å². The Hall–Kier alpha value is -1.96. The Balaban J connectivity index is 1.37. The molecule has 1 aromatic carbocycles. The van der Waals surface area contributed by atoms with Crippen molar-refractivity contribution in [1.82, 2.24) is 20.4 Å². The number of carbonyl (C=O) groups excluding carboxylic acids is 1. The summed E-state index contributed by atoms with van der Waals surface area (Å²) in [6.45, 7) is 4.37. The SMILES string of the molecule is O=C(N[C@@H]1CN2CCC1CC2)c1n[nH]c2cc(C3(O)CCOCC3)ccc12. The lowest BCUT2D eigenvalue weighted by atomic mass is 9.84. The molecule has 1 aromatic heterocycles. The molecule has 4 aliphatic heterocycles. The largest absolute Gasteiger partial charge is 0.385 e. The molecular formula is C20H26N4O3. The first-order valence-electron chi connectivity index (χ1n) is 9.94. The van der Waals surface area contributed by atoms with Gasteiger partial charge in [0.05, 0.1) is 11.1 Å². The summed E-state index contributed by atoms with van der Waals surface area (Å²) in [5.74, 6) is 0.469. The number of nitrogens with zero attached hydrogens (tertiary/aromatic N) is 2. The van der Waals surface area contributed by atoms with Crippen LogP contribution in [0, 0.1) is 5.92 Å². The smallest absolute Gasteiger partial charge is 0.272 e. The van der Waals surface area contributed by atoms with Crippen molar-refractivity contribution in [3.8, 4) is 0 Å². The van der Waals surface area contributed by atoms with E-state index in [-0.39, 0.29) is 11.9 Å². The molecule has 0 saturated carbocycles. The summed E-state index contributed by atoms with van der Waals surface area (Å²) in [6, 6.07) is 5.94. The number of benzene rings is 1. The highest BCUT2D eigenvalue weighted by Gasteiger charge is 2.36. The predicted molar refractivity (Wildman–Crippen MR) is 100 cm³/mol. The number of H-pyrrole nitrogens is 1. The van der Waals surface area contributed by atoms with E-state index >= 15 is 0 Å². The highest BCUT2D eigenvalue weighted by molar-refractivity contribution is 6.04. The maximum absolute atomic E-state index is 12.8. The van der Waals surface area contributed by atoms with Gasteiger partial charge in [-0.25, -0.2) is 0 Å². The lowest BCUT2D eigenvalue weighted by Gasteiger charge is -2.44. The average molecular weight is 370 g/mol. The van der Waals surface area contributed by atoms with E-state index in [4.69, 9.17) is 4.74 Å². The molecule has 27 heavy (non-hydrogen) atoms. The third-order valence-electron chi connectivity index (χ3n) is 6.61. The van der Waals surface area contributed by atoms with Crippen LogP contribution in [0.5, 0.6) is 0 Å². The monoisotopic (exact) mass is 370 g/mol. The van der Waals surface area contributed by atoms with Crippen LogP contribution in [0.3, 0.4) is 0 Å². The molecule has 6 rings (SSSR count). The van der Waals surface area contributed by atoms with E-state index in [1.54, 1.807) is 0 Å². The van der Waals surface area contributed by atoms with Crippen LogP contribution in [0.4, 0.5) is 0 Å². The summed E-state index contributed by atoms with van der Waals surface area (Å²) in [5.41, 5.74) is 1.21. The third kappa shape index (κ3) is 3.03. The number of hydrogen-bond donors (Lipinski definition) is 3. The van der Waals surface area contributed by atoms with Crippen LogP contribution in [0.1, 0.15) is 41.7 Å². The number of aromatic amines is 1. The minimum Gasteiger partial charge on any atom is -0.385 e. The van der Waals surface area contributed by atoms with Gasteiger partial charge in [-0.15, -0.1) is 0 Å². The Bertz CT molecular complexity index is 850. The quantitative estimate of drug-likeness (QED) is 0.760. The fourth-order valence-electron chi connectivity index (χ4n) is 4.85. The van der Waals surface area contributed by atoms with Crippen molar-refractivity contribution in [2.24, 2.45) is 5.92 Å². The van der Waals surface area contributed by atoms with Gasteiger partial charge in [0.2, 0.25) is 0 Å². The van der Waals surface area contributed by atoms with Gasteiger partial charge in [-0.3, -0.25) is 9.89 Å². The first-order valence-corrected chi connectivity index (χ1v) is 9.94. The summed E-state index contributed by atoms with van der Waals surface area (Å²) in [5, 5.41) is 22.1. The minimum absolute atomic E-state index is 0.113. The van der Waals surface area contributed by atoms with Gasteiger partial charge in [0.15, 0.2) is 5.69 Å². The van der Waals surface area contributed by atoms with Gasteiger partial charge < -0.3 is 20.1 Å². The van der Waals surface area contributed by atoms with Gasteiger partial charge in [0.25, 0.3) is 5.91 Å². The van der Waals surface area contributed by atoms with Crippen LogP contribution in [0.25, 0.3) is 10.9 Å². The van der Waals surface area contributed by atoms with Crippen molar-refractivity contribution < 1.29 is 14.6 Å². The lowest BCUT2D eigenvalue weighted by Crippen LogP contribution is -2.57. The van der Waals surface area contributed by atoms with Gasteiger partial charge in [-0.05, 0) is 49.5 Å². The molecule has 7 nitrogen and oxygen atoms in total. The molecule has 144 valence electrons. The maximum atomic E-state index is 12.8. The van der Waals surface area contributed by atoms with Crippen LogP contribution in [0.15, 0.2) is 18.2 Å². The molecule has 2 bridgehead atoms. The van der Waals surface area contributed by atoms with Gasteiger partial charge in [-0.2, -0.15) is 5.10 Å². The Morgan fingerprint density at radius 1 is 1.30 bits per heavy atom. The van der Waals surface area contributed by atoms with Crippen molar-refractivity contribution in [2.45, 2.75) is 37.3 Å². The second kappa shape index (κ2) is 6.58. The second-order valence-electron chi connectivity index (χ2n) is 8.19. The number of fused-ring (bicyclic) bond motifs is 4. The first-order chi connectivity index (χ1) is 13.1. The number of hydrogen-bond acceptors (Lipinski definition) is 5. The number of aromatic nitrogens is 2. The fraction of sp³-hybridized carbons (Fsp3) is 0.600. The highest BCUT2D eigenvalue weighted by Crippen LogP contribution is 2.34. The zero-order valence-electron chi connectivity index (χ0n) is 15.4. The number of aliphatic hydroxyl groups is 1. The molecule has 5 heterocycles. The third-order valence-corrected chi connectivity index (χ3v) is 6.61. The summed E-state index contributed by atoms with van der Waals surface area (Å²) in [6.07, 6.45) is 3.49. The van der Waals surface area contributed by atoms with Gasteiger partial charge in [0.1, 0.15) is 0 Å². The Labute approximate surface area is 158 Å². The first kappa shape index (κ1) is 17.2. The van der Waals surface area contributed by atoms with Gasteiger partial charge in [-0.1, -0.05) is 6.07 Å². The number of amides is 1. The van der Waals surface area contributed by atoms with Crippen molar-refractivity contribution >= 4 is 16.8 Å². The highest BCUT2D eigenvalue weighted by atomic mass is 16.5. The van der Waals surface area contributed by atoms with Crippen molar-refractivity contribution in [1.29, 1.82) is 0 Å². The van der Waals surface area contributed by atoms with E-state index in [1.807, 2.05) is 18.2 Å². The second-order valence-corrected chi connectivity index (χ2v) is 8.19. The molecule has 7 heteroatoms. The van der Waals surface area contributed by atoms with Gasteiger partial charge >= 0.3 is 0 Å². The average Bonchev–Trinajstić information content (AvgIpc) is 3.13. The lowest BCUT2D eigenvalue weighted by molar-refractivity contribution is -0.0678. The van der Waals surface area contributed by atoms with E-state index in [2.05, 4.69) is 20.4 Å². The fourth-order valence-corrected chi connectivity index (χ4v) is 4.85. The molecule has 4 saturated heterocycles. The number of nitrogens with one attached hydrogen (secondary N) is 2. The predicted octanol–water partition coefficient (Wildman–Crippen LogP) is 1.38. The number of rotatable bonds is 3. The summed E-state index contributed by atoms with van der Waals surface area (Å²) in [4.78, 5) is 15.3. The standard InChI is InChI=1S/C20H26N4O3/c25-19(21-17-12-24-7-3-13(17)4-8-24)18-15-2-1-14(11-16(15)22-23-18)20(26)5-9-27-10-6-20/h1-2,11,13,17,26H,3-10,12H2,(H,21,25)(H,22,23)/t17-/m1/s1. The molecule has 2 aromatic rings. The summed E-state index contributed by atoms with van der Waals surface area (Å²) < 4.78 is 5.37. The minimum atomic E-state index is -0.865. The molecule has 4 fully saturated rings. The van der Waals surface area contributed by atoms with Gasteiger partial charge in [0, 0.05) is 44.0 Å². The van der Waals surface area contributed by atoms with E-state index < -0.39 is 5.60 Å². The van der Waals surface area contributed by atoms with Crippen molar-refractivity contribution in [3.63, 3.8) is 0 Å². The maximum Gasteiger partial charge on any atom is 0.272 e. The molecule has 0 unspecified atom stereocenters. The Morgan fingerprint density at radius 2 is 2.07 bits per heavy atom. The molecule has 3 N–H and O–H groups in total. The molecule has 1 atom stereocenters. The number of piperidine rings is 3. The molecule has 0 spiro atoms.